The van der Waals surface area contributed by atoms with Crippen molar-refractivity contribution in [3.63, 3.8) is 0 Å². The summed E-state index contributed by atoms with van der Waals surface area (Å²) in [4.78, 5) is 17.4. The topological polar surface area (TPSA) is 76.1 Å². The Morgan fingerprint density at radius 3 is 2.63 bits per heavy atom. The summed E-state index contributed by atoms with van der Waals surface area (Å²) < 4.78 is 23.6. The first-order valence-electron chi connectivity index (χ1n) is 8.96. The first-order chi connectivity index (χ1) is 12.7. The highest BCUT2D eigenvalue weighted by molar-refractivity contribution is 7.90. The molecule has 0 saturated heterocycles. The predicted molar refractivity (Wildman–Crippen MR) is 109 cm³/mol. The van der Waals surface area contributed by atoms with E-state index in [4.69, 9.17) is 11.6 Å². The van der Waals surface area contributed by atoms with Gasteiger partial charge in [0.25, 0.3) is 0 Å². The lowest BCUT2D eigenvalue weighted by Gasteiger charge is -2.20. The van der Waals surface area contributed by atoms with Gasteiger partial charge in [-0.05, 0) is 37.0 Å². The second-order valence-electron chi connectivity index (χ2n) is 7.18. The molecule has 2 aromatic rings. The largest absolute Gasteiger partial charge is 0.301 e. The molecule has 1 aliphatic carbocycles. The minimum absolute atomic E-state index is 0.0866. The van der Waals surface area contributed by atoms with Crippen molar-refractivity contribution in [3.8, 4) is 0 Å². The number of nitrogens with one attached hydrogen (secondary N) is 1. The highest BCUT2D eigenvalue weighted by Gasteiger charge is 2.28. The summed E-state index contributed by atoms with van der Waals surface area (Å²) in [6.07, 6.45) is 6.48. The Bertz CT molecular complexity index is 934. The van der Waals surface area contributed by atoms with Crippen LogP contribution in [0, 0.1) is 12.8 Å². The molecule has 1 aromatic carbocycles. The molecule has 1 amide bonds. The van der Waals surface area contributed by atoms with Gasteiger partial charge in [0.1, 0.15) is 0 Å². The van der Waals surface area contributed by atoms with E-state index >= 15 is 0 Å². The molecule has 1 heterocycles. The smallest absolute Gasteiger partial charge is 0.233 e. The number of aromatic nitrogens is 1. The van der Waals surface area contributed by atoms with E-state index in [1.54, 1.807) is 12.1 Å². The standard InChI is InChI=1S/C19H23ClN2O3S2/c1-12-11-26-19(21-12)22-18(23)15(9-13-5-3-4-6-13)14-7-8-17(16(20)10-14)27(2,24)25/h7-8,10-11,13,15H,3-6,9H2,1-2H3,(H,21,22,23). The molecule has 1 saturated carbocycles. The molecule has 0 spiro atoms. The average Bonchev–Trinajstić information content (AvgIpc) is 3.23. The molecular weight excluding hydrogens is 404 g/mol. The van der Waals surface area contributed by atoms with Crippen molar-refractivity contribution in [1.82, 2.24) is 4.98 Å². The molecule has 1 aliphatic rings. The maximum Gasteiger partial charge on any atom is 0.233 e. The second-order valence-corrected chi connectivity index (χ2v) is 10.4. The van der Waals surface area contributed by atoms with Gasteiger partial charge < -0.3 is 5.32 Å². The predicted octanol–water partition coefficient (Wildman–Crippen LogP) is 4.81. The van der Waals surface area contributed by atoms with Gasteiger partial charge in [-0.3, -0.25) is 4.79 Å². The molecule has 1 aromatic heterocycles. The van der Waals surface area contributed by atoms with Crippen LogP contribution in [0.3, 0.4) is 0 Å². The zero-order valence-electron chi connectivity index (χ0n) is 15.4. The number of nitrogens with zero attached hydrogens (tertiary/aromatic N) is 1. The van der Waals surface area contributed by atoms with Crippen LogP contribution in [0.15, 0.2) is 28.5 Å². The number of carbonyl (C=O) groups excluding carboxylic acids is 1. The van der Waals surface area contributed by atoms with E-state index in [-0.39, 0.29) is 21.7 Å². The lowest BCUT2D eigenvalue weighted by molar-refractivity contribution is -0.118. The fourth-order valence-corrected chi connectivity index (χ4v) is 5.64. The number of carbonyl (C=O) groups is 1. The zero-order valence-corrected chi connectivity index (χ0v) is 17.8. The Kier molecular flexibility index (Phi) is 6.23. The molecule has 0 aliphatic heterocycles. The summed E-state index contributed by atoms with van der Waals surface area (Å²) in [5.74, 6) is -0.0185. The Morgan fingerprint density at radius 2 is 2.07 bits per heavy atom. The van der Waals surface area contributed by atoms with Crippen molar-refractivity contribution in [2.24, 2.45) is 5.92 Å². The van der Waals surface area contributed by atoms with Crippen molar-refractivity contribution in [2.75, 3.05) is 11.6 Å². The molecule has 27 heavy (non-hydrogen) atoms. The van der Waals surface area contributed by atoms with Gasteiger partial charge >= 0.3 is 0 Å². The van der Waals surface area contributed by atoms with Crippen LogP contribution in [0.4, 0.5) is 5.13 Å². The number of sulfone groups is 1. The summed E-state index contributed by atoms with van der Waals surface area (Å²) in [7, 11) is -3.41. The van der Waals surface area contributed by atoms with E-state index < -0.39 is 9.84 Å². The number of aryl methyl sites for hydroxylation is 1. The van der Waals surface area contributed by atoms with Crippen LogP contribution in [-0.4, -0.2) is 25.6 Å². The number of rotatable bonds is 6. The SMILES string of the molecule is Cc1csc(NC(=O)C(CC2CCCC2)c2ccc(S(C)(=O)=O)c(Cl)c2)n1. The number of hydrogen-bond donors (Lipinski definition) is 1. The number of anilines is 1. The van der Waals surface area contributed by atoms with Gasteiger partial charge in [-0.2, -0.15) is 0 Å². The van der Waals surface area contributed by atoms with Crippen LogP contribution >= 0.6 is 22.9 Å². The van der Waals surface area contributed by atoms with Crippen LogP contribution in [0.25, 0.3) is 0 Å². The van der Waals surface area contributed by atoms with Gasteiger partial charge in [0.15, 0.2) is 15.0 Å². The lowest BCUT2D eigenvalue weighted by Crippen LogP contribution is -2.23. The third-order valence-corrected chi connectivity index (χ3v) is 7.42. The molecule has 0 radical (unpaired) electrons. The van der Waals surface area contributed by atoms with Gasteiger partial charge in [-0.15, -0.1) is 11.3 Å². The van der Waals surface area contributed by atoms with E-state index in [1.165, 1.54) is 30.2 Å². The number of thiazole rings is 1. The van der Waals surface area contributed by atoms with Gasteiger partial charge in [-0.1, -0.05) is 43.4 Å². The van der Waals surface area contributed by atoms with E-state index in [0.717, 1.165) is 36.8 Å². The normalized spacial score (nSPS) is 16.4. The molecule has 1 fully saturated rings. The number of hydrogen-bond acceptors (Lipinski definition) is 5. The van der Waals surface area contributed by atoms with Gasteiger partial charge in [0.2, 0.25) is 5.91 Å². The molecule has 3 rings (SSSR count). The molecule has 146 valence electrons. The molecule has 0 bridgehead atoms. The average molecular weight is 427 g/mol. The summed E-state index contributed by atoms with van der Waals surface area (Å²) >= 11 is 7.62. The first kappa shape index (κ1) is 20.3. The van der Waals surface area contributed by atoms with Crippen molar-refractivity contribution < 1.29 is 13.2 Å². The van der Waals surface area contributed by atoms with Crippen LogP contribution in [0.5, 0.6) is 0 Å². The maximum atomic E-state index is 13.0. The zero-order chi connectivity index (χ0) is 19.6. The highest BCUT2D eigenvalue weighted by atomic mass is 35.5. The van der Waals surface area contributed by atoms with E-state index in [0.29, 0.717) is 11.0 Å². The number of amides is 1. The van der Waals surface area contributed by atoms with Gasteiger partial charge in [-0.25, -0.2) is 13.4 Å². The summed E-state index contributed by atoms with van der Waals surface area (Å²) in [5, 5.41) is 5.53. The van der Waals surface area contributed by atoms with Crippen molar-refractivity contribution in [2.45, 2.75) is 49.8 Å². The van der Waals surface area contributed by atoms with Crippen molar-refractivity contribution in [3.05, 3.63) is 39.9 Å². The quantitative estimate of drug-likeness (QED) is 0.718. The highest BCUT2D eigenvalue weighted by Crippen LogP contribution is 2.36. The van der Waals surface area contributed by atoms with Crippen molar-refractivity contribution >= 4 is 43.8 Å². The van der Waals surface area contributed by atoms with Crippen LogP contribution in [0.2, 0.25) is 5.02 Å². The number of benzene rings is 1. The molecular formula is C19H23ClN2O3S2. The van der Waals surface area contributed by atoms with E-state index in [9.17, 15) is 13.2 Å². The molecule has 8 heteroatoms. The van der Waals surface area contributed by atoms with Gasteiger partial charge in [0.05, 0.1) is 21.5 Å². The fourth-order valence-electron chi connectivity index (χ4n) is 3.61. The third kappa shape index (κ3) is 5.09. The minimum atomic E-state index is -3.41. The Labute approximate surface area is 169 Å². The Hall–Kier alpha value is -1.44. The van der Waals surface area contributed by atoms with Crippen LogP contribution < -0.4 is 5.32 Å². The molecule has 1 N–H and O–H groups in total. The summed E-state index contributed by atoms with van der Waals surface area (Å²) in [6, 6.07) is 4.81. The lowest BCUT2D eigenvalue weighted by atomic mass is 9.87. The summed E-state index contributed by atoms with van der Waals surface area (Å²) in [6.45, 7) is 1.88. The maximum absolute atomic E-state index is 13.0. The fraction of sp³-hybridized carbons (Fsp3) is 0.474. The van der Waals surface area contributed by atoms with E-state index in [2.05, 4.69) is 10.3 Å². The Balaban J connectivity index is 1.89. The Morgan fingerprint density at radius 1 is 1.37 bits per heavy atom. The van der Waals surface area contributed by atoms with Crippen molar-refractivity contribution in [1.29, 1.82) is 0 Å². The van der Waals surface area contributed by atoms with Crippen LogP contribution in [0.1, 0.15) is 49.3 Å². The number of halogens is 1. The molecule has 1 unspecified atom stereocenters. The molecule has 1 atom stereocenters. The van der Waals surface area contributed by atoms with E-state index in [1.807, 2.05) is 12.3 Å². The summed E-state index contributed by atoms with van der Waals surface area (Å²) in [5.41, 5.74) is 1.60. The van der Waals surface area contributed by atoms with Crippen LogP contribution in [-0.2, 0) is 14.6 Å². The monoisotopic (exact) mass is 426 g/mol. The molecule has 5 nitrogen and oxygen atoms in total. The minimum Gasteiger partial charge on any atom is -0.301 e. The van der Waals surface area contributed by atoms with Gasteiger partial charge in [0, 0.05) is 11.6 Å². The third-order valence-electron chi connectivity index (χ3n) is 4.97. The second kappa shape index (κ2) is 8.29. The first-order valence-corrected chi connectivity index (χ1v) is 12.1.